The van der Waals surface area contributed by atoms with Gasteiger partial charge in [-0.25, -0.2) is 8.42 Å². The van der Waals surface area contributed by atoms with Gasteiger partial charge in [0.05, 0.1) is 10.8 Å². The number of halogens is 3. The van der Waals surface area contributed by atoms with Crippen molar-refractivity contribution in [3.8, 4) is 0 Å². The fourth-order valence-electron chi connectivity index (χ4n) is 3.67. The molecule has 0 spiro atoms. The number of piperazine rings is 1. The molecule has 1 aliphatic carbocycles. The Hall–Kier alpha value is -2.13. The molecule has 1 aliphatic heterocycles. The summed E-state index contributed by atoms with van der Waals surface area (Å²) in [5.74, 6) is -2.14. The van der Waals surface area contributed by atoms with Crippen molar-refractivity contribution in [3.05, 3.63) is 53.6 Å². The first-order valence-electron chi connectivity index (χ1n) is 10.1. The maximum atomic E-state index is 13.0. The van der Waals surface area contributed by atoms with Gasteiger partial charge < -0.3 is 4.90 Å². The number of rotatable bonds is 3. The lowest BCUT2D eigenvalue weighted by Crippen LogP contribution is -2.51. The normalized spacial score (nSPS) is 21.2. The molecule has 5 nitrogen and oxygen atoms in total. The molecule has 3 rings (SSSR count). The maximum absolute atomic E-state index is 13.0. The Morgan fingerprint density at radius 1 is 1.00 bits per heavy atom. The van der Waals surface area contributed by atoms with Gasteiger partial charge >= 0.3 is 6.18 Å². The van der Waals surface area contributed by atoms with E-state index >= 15 is 0 Å². The molecule has 1 heterocycles. The van der Waals surface area contributed by atoms with Crippen LogP contribution in [0.2, 0.25) is 0 Å². The highest BCUT2D eigenvalue weighted by Crippen LogP contribution is 2.35. The molecule has 170 valence electrons. The number of alkyl halides is 3. The summed E-state index contributed by atoms with van der Waals surface area (Å²) in [6, 6.07) is 6.77. The molecule has 1 saturated heterocycles. The van der Waals surface area contributed by atoms with Crippen molar-refractivity contribution in [3.63, 3.8) is 0 Å². The van der Waals surface area contributed by atoms with E-state index in [2.05, 4.69) is 0 Å². The zero-order chi connectivity index (χ0) is 23.0. The third-order valence-electron chi connectivity index (χ3n) is 5.66. The second kappa shape index (κ2) is 8.43. The van der Waals surface area contributed by atoms with Crippen molar-refractivity contribution >= 4 is 15.9 Å². The summed E-state index contributed by atoms with van der Waals surface area (Å²) in [5, 5.41) is 0. The third kappa shape index (κ3) is 5.20. The summed E-state index contributed by atoms with van der Waals surface area (Å²) in [6.07, 6.45) is -1.07. The summed E-state index contributed by atoms with van der Waals surface area (Å²) in [7, 11) is -3.71. The predicted octanol–water partition coefficient (Wildman–Crippen LogP) is 3.88. The first-order valence-corrected chi connectivity index (χ1v) is 11.6. The van der Waals surface area contributed by atoms with E-state index in [9.17, 15) is 26.4 Å². The monoisotopic (exact) mass is 456 g/mol. The molecule has 1 amide bonds. The predicted molar refractivity (Wildman–Crippen MR) is 112 cm³/mol. The van der Waals surface area contributed by atoms with Crippen LogP contribution in [0.3, 0.4) is 0 Å². The van der Waals surface area contributed by atoms with E-state index in [1.165, 1.54) is 21.4 Å². The zero-order valence-electron chi connectivity index (χ0n) is 17.8. The Bertz CT molecular complexity index is 982. The Morgan fingerprint density at radius 2 is 1.58 bits per heavy atom. The van der Waals surface area contributed by atoms with Crippen LogP contribution >= 0.6 is 0 Å². The van der Waals surface area contributed by atoms with Gasteiger partial charge in [0.1, 0.15) is 0 Å². The van der Waals surface area contributed by atoms with E-state index < -0.39 is 34.4 Å². The lowest BCUT2D eigenvalue weighted by molar-refractivity contribution is -0.161. The molecule has 1 fully saturated rings. The molecule has 1 unspecified atom stereocenters. The highest BCUT2D eigenvalue weighted by Gasteiger charge is 2.40. The summed E-state index contributed by atoms with van der Waals surface area (Å²) < 4.78 is 66.2. The second-order valence-electron chi connectivity index (χ2n) is 8.90. The number of hydrogen-bond acceptors (Lipinski definition) is 3. The Balaban J connectivity index is 1.64. The van der Waals surface area contributed by atoms with Gasteiger partial charge in [0.15, 0.2) is 0 Å². The van der Waals surface area contributed by atoms with E-state index in [4.69, 9.17) is 0 Å². The number of amides is 1. The van der Waals surface area contributed by atoms with Crippen molar-refractivity contribution < 1.29 is 26.4 Å². The number of benzene rings is 1. The molecule has 0 radical (unpaired) electrons. The van der Waals surface area contributed by atoms with Crippen LogP contribution in [-0.2, 0) is 20.2 Å². The summed E-state index contributed by atoms with van der Waals surface area (Å²) in [5.41, 5.74) is 1.02. The van der Waals surface area contributed by atoms with Crippen LogP contribution in [0.4, 0.5) is 13.2 Å². The van der Waals surface area contributed by atoms with Crippen molar-refractivity contribution in [1.82, 2.24) is 9.21 Å². The number of hydrogen-bond donors (Lipinski definition) is 0. The van der Waals surface area contributed by atoms with Gasteiger partial charge in [0.2, 0.25) is 15.9 Å². The lowest BCUT2D eigenvalue weighted by atomic mass is 9.87. The van der Waals surface area contributed by atoms with E-state index in [0.717, 1.165) is 11.6 Å². The van der Waals surface area contributed by atoms with E-state index in [1.807, 2.05) is 20.8 Å². The first kappa shape index (κ1) is 23.5. The lowest BCUT2D eigenvalue weighted by Gasteiger charge is -2.35. The molecule has 31 heavy (non-hydrogen) atoms. The van der Waals surface area contributed by atoms with Crippen LogP contribution in [0.5, 0.6) is 0 Å². The molecular weight excluding hydrogens is 429 g/mol. The minimum absolute atomic E-state index is 0.0948. The van der Waals surface area contributed by atoms with Crippen molar-refractivity contribution in [1.29, 1.82) is 0 Å². The van der Waals surface area contributed by atoms with Gasteiger partial charge in [0, 0.05) is 31.8 Å². The van der Waals surface area contributed by atoms with Crippen LogP contribution in [0.15, 0.2) is 53.0 Å². The topological polar surface area (TPSA) is 57.7 Å². The SMILES string of the molecule is CC(C)(C)c1ccc(S(=O)(=O)N2CCN(C(=O)C3=CC=CC(C(F)(F)F)C3)CC2)cc1. The fraction of sp³-hybridized carbons (Fsp3) is 0.500. The molecule has 0 N–H and O–H groups in total. The van der Waals surface area contributed by atoms with E-state index in [-0.39, 0.29) is 42.1 Å². The Labute approximate surface area is 181 Å². The number of sulfonamides is 1. The number of carbonyl (C=O) groups excluding carboxylic acids is 1. The van der Waals surface area contributed by atoms with Gasteiger partial charge in [-0.2, -0.15) is 17.5 Å². The zero-order valence-corrected chi connectivity index (χ0v) is 18.6. The van der Waals surface area contributed by atoms with Crippen molar-refractivity contribution in [2.75, 3.05) is 26.2 Å². The van der Waals surface area contributed by atoms with Crippen molar-refractivity contribution in [2.24, 2.45) is 5.92 Å². The number of allylic oxidation sites excluding steroid dienone is 3. The van der Waals surface area contributed by atoms with Crippen LogP contribution in [0.1, 0.15) is 32.8 Å². The standard InChI is InChI=1S/C22H27F3N2O3S/c1-21(2,3)17-7-9-19(10-8-17)31(29,30)27-13-11-26(12-14-27)20(28)16-5-4-6-18(15-16)22(23,24)25/h4-10,18H,11-15H2,1-3H3. The Kier molecular flexibility index (Phi) is 6.40. The highest BCUT2D eigenvalue weighted by molar-refractivity contribution is 7.89. The van der Waals surface area contributed by atoms with Crippen LogP contribution < -0.4 is 0 Å². The van der Waals surface area contributed by atoms with Gasteiger partial charge in [-0.05, 0) is 29.5 Å². The molecule has 2 aliphatic rings. The number of carbonyl (C=O) groups is 1. The van der Waals surface area contributed by atoms with Gasteiger partial charge in [-0.1, -0.05) is 51.1 Å². The highest BCUT2D eigenvalue weighted by atomic mass is 32.2. The first-order chi connectivity index (χ1) is 14.3. The minimum Gasteiger partial charge on any atom is -0.336 e. The molecule has 0 bridgehead atoms. The van der Waals surface area contributed by atoms with Crippen LogP contribution in [0.25, 0.3) is 0 Å². The van der Waals surface area contributed by atoms with Gasteiger partial charge in [-0.3, -0.25) is 4.79 Å². The average Bonchev–Trinajstić information content (AvgIpc) is 2.72. The minimum atomic E-state index is -4.40. The smallest absolute Gasteiger partial charge is 0.336 e. The van der Waals surface area contributed by atoms with Crippen LogP contribution in [0, 0.1) is 5.92 Å². The molecule has 0 saturated carbocycles. The summed E-state index contributed by atoms with van der Waals surface area (Å²) >= 11 is 0. The largest absolute Gasteiger partial charge is 0.395 e. The van der Waals surface area contributed by atoms with Gasteiger partial charge in [0.25, 0.3) is 0 Å². The second-order valence-corrected chi connectivity index (χ2v) is 10.8. The van der Waals surface area contributed by atoms with E-state index in [1.54, 1.807) is 24.3 Å². The molecule has 1 aromatic rings. The number of nitrogens with zero attached hydrogens (tertiary/aromatic N) is 2. The average molecular weight is 457 g/mol. The third-order valence-corrected chi connectivity index (χ3v) is 7.57. The molecule has 1 aromatic carbocycles. The molecule has 9 heteroatoms. The van der Waals surface area contributed by atoms with E-state index in [0.29, 0.717) is 0 Å². The molecule has 1 atom stereocenters. The molecular formula is C22H27F3N2O3S. The molecule has 0 aromatic heterocycles. The van der Waals surface area contributed by atoms with Crippen molar-refractivity contribution in [2.45, 2.75) is 43.7 Å². The maximum Gasteiger partial charge on any atom is 0.395 e. The summed E-state index contributed by atoms with van der Waals surface area (Å²) in [6.45, 7) is 6.59. The van der Waals surface area contributed by atoms with Gasteiger partial charge in [-0.15, -0.1) is 0 Å². The summed E-state index contributed by atoms with van der Waals surface area (Å²) in [4.78, 5) is 14.3. The quantitative estimate of drug-likeness (QED) is 0.694. The fourth-order valence-corrected chi connectivity index (χ4v) is 5.10. The Morgan fingerprint density at radius 3 is 2.10 bits per heavy atom. The van der Waals surface area contributed by atoms with Crippen LogP contribution in [-0.4, -0.2) is 55.9 Å².